The molecule has 2 aliphatic rings. The van der Waals surface area contributed by atoms with Gasteiger partial charge in [-0.3, -0.25) is 4.79 Å². The van der Waals surface area contributed by atoms with Gasteiger partial charge in [0.2, 0.25) is 0 Å². The Labute approximate surface area is 107 Å². The van der Waals surface area contributed by atoms with Gasteiger partial charge in [-0.25, -0.2) is 0 Å². The summed E-state index contributed by atoms with van der Waals surface area (Å²) in [6, 6.07) is 0. The van der Waals surface area contributed by atoms with Gasteiger partial charge in [-0.2, -0.15) is 0 Å². The van der Waals surface area contributed by atoms with E-state index in [4.69, 9.17) is 4.74 Å². The largest absolute Gasteiger partial charge is 0.480 e. The number of ether oxygens (including phenoxy) is 1. The number of rotatable bonds is 2. The van der Waals surface area contributed by atoms with Crippen LogP contribution in [0.2, 0.25) is 0 Å². The minimum Gasteiger partial charge on any atom is -0.480 e. The highest BCUT2D eigenvalue weighted by molar-refractivity contribution is 8.02. The Hall–Kier alpha value is -0.220. The van der Waals surface area contributed by atoms with Gasteiger partial charge in [0.25, 0.3) is 0 Å². The second-order valence-electron chi connectivity index (χ2n) is 6.48. The summed E-state index contributed by atoms with van der Waals surface area (Å²) in [6.45, 7) is 7.89. The van der Waals surface area contributed by atoms with Crippen molar-refractivity contribution in [2.24, 2.45) is 5.41 Å². The Kier molecular flexibility index (Phi) is 3.24. The summed E-state index contributed by atoms with van der Waals surface area (Å²) in [5, 5.41) is 9.51. The highest BCUT2D eigenvalue weighted by atomic mass is 32.2. The smallest absolute Gasteiger partial charge is 0.319 e. The molecule has 98 valence electrons. The number of hydrogen-bond acceptors (Lipinski definition) is 3. The van der Waals surface area contributed by atoms with Gasteiger partial charge >= 0.3 is 5.97 Å². The molecule has 17 heavy (non-hydrogen) atoms. The first-order chi connectivity index (χ1) is 7.77. The van der Waals surface area contributed by atoms with Crippen molar-refractivity contribution < 1.29 is 14.6 Å². The Bertz CT molecular complexity index is 305. The highest BCUT2D eigenvalue weighted by Gasteiger charge is 2.60. The first kappa shape index (κ1) is 13.2. The number of aliphatic carboxylic acids is 1. The van der Waals surface area contributed by atoms with E-state index in [2.05, 4.69) is 20.8 Å². The maximum absolute atomic E-state index is 11.6. The van der Waals surface area contributed by atoms with Crippen LogP contribution >= 0.6 is 11.8 Å². The monoisotopic (exact) mass is 258 g/mol. The van der Waals surface area contributed by atoms with E-state index in [0.717, 1.165) is 38.9 Å². The number of carboxylic acids is 1. The third-order valence-corrected chi connectivity index (χ3v) is 5.23. The van der Waals surface area contributed by atoms with Gasteiger partial charge in [-0.05, 0) is 31.1 Å². The molecule has 0 aromatic heterocycles. The predicted molar refractivity (Wildman–Crippen MR) is 69.4 cm³/mol. The van der Waals surface area contributed by atoms with Gasteiger partial charge in [-0.15, -0.1) is 11.8 Å². The van der Waals surface area contributed by atoms with E-state index >= 15 is 0 Å². The van der Waals surface area contributed by atoms with Crippen molar-refractivity contribution in [3.8, 4) is 0 Å². The van der Waals surface area contributed by atoms with Crippen LogP contribution in [0.1, 0.15) is 46.5 Å². The van der Waals surface area contributed by atoms with Crippen molar-refractivity contribution in [3.63, 3.8) is 0 Å². The molecule has 1 aliphatic carbocycles. The van der Waals surface area contributed by atoms with Gasteiger partial charge in [0.05, 0.1) is 0 Å². The highest BCUT2D eigenvalue weighted by Crippen LogP contribution is 2.62. The molecule has 0 aromatic carbocycles. The molecule has 0 radical (unpaired) electrons. The molecule has 1 N–H and O–H groups in total. The Morgan fingerprint density at radius 2 is 1.76 bits per heavy atom. The molecule has 0 bridgehead atoms. The van der Waals surface area contributed by atoms with E-state index in [1.807, 2.05) is 0 Å². The molecule has 2 rings (SSSR count). The van der Waals surface area contributed by atoms with Crippen LogP contribution in [-0.4, -0.2) is 33.8 Å². The second-order valence-corrected chi connectivity index (χ2v) is 8.69. The van der Waals surface area contributed by atoms with Crippen LogP contribution in [0.4, 0.5) is 0 Å². The fourth-order valence-corrected chi connectivity index (χ4v) is 5.19. The summed E-state index contributed by atoms with van der Waals surface area (Å²) in [6.07, 6.45) is 3.71. The molecule has 0 aromatic rings. The van der Waals surface area contributed by atoms with E-state index in [0.29, 0.717) is 0 Å². The molecule has 2 fully saturated rings. The normalized spacial score (nSPS) is 26.5. The quantitative estimate of drug-likeness (QED) is 0.827. The lowest BCUT2D eigenvalue weighted by Crippen LogP contribution is -2.57. The van der Waals surface area contributed by atoms with E-state index < -0.39 is 10.7 Å². The summed E-state index contributed by atoms with van der Waals surface area (Å²) < 4.78 is 4.84. The summed E-state index contributed by atoms with van der Waals surface area (Å²) >= 11 is 1.63. The minimum atomic E-state index is -0.630. The number of hydrogen-bond donors (Lipinski definition) is 1. The zero-order valence-electron chi connectivity index (χ0n) is 10.9. The molecular formula is C13H22O3S. The zero-order valence-corrected chi connectivity index (χ0v) is 11.7. The molecule has 1 saturated carbocycles. The third-order valence-electron chi connectivity index (χ3n) is 3.77. The van der Waals surface area contributed by atoms with Crippen molar-refractivity contribution >= 4 is 17.7 Å². The summed E-state index contributed by atoms with van der Waals surface area (Å²) in [7, 11) is 0. The fraction of sp³-hybridized carbons (Fsp3) is 0.923. The summed E-state index contributed by atoms with van der Waals surface area (Å²) in [5.41, 5.74) is 0.259. The van der Waals surface area contributed by atoms with E-state index in [1.54, 1.807) is 11.8 Å². The molecule has 1 aliphatic heterocycles. The Morgan fingerprint density at radius 3 is 2.18 bits per heavy atom. The SMILES string of the molecule is CC(C)(C)SC1(C(=O)O)CC2(CCOCC2)C1. The minimum absolute atomic E-state index is 0.00513. The van der Waals surface area contributed by atoms with Crippen LogP contribution in [0, 0.1) is 5.41 Å². The average molecular weight is 258 g/mol. The van der Waals surface area contributed by atoms with E-state index in [-0.39, 0.29) is 10.2 Å². The van der Waals surface area contributed by atoms with Crippen LogP contribution in [0.3, 0.4) is 0 Å². The molecule has 3 nitrogen and oxygen atoms in total. The second kappa shape index (κ2) is 4.16. The molecule has 4 heteroatoms. The molecule has 1 saturated heterocycles. The topological polar surface area (TPSA) is 46.5 Å². The van der Waals surface area contributed by atoms with Crippen LogP contribution in [-0.2, 0) is 9.53 Å². The lowest BCUT2D eigenvalue weighted by Gasteiger charge is -2.56. The van der Waals surface area contributed by atoms with Crippen molar-refractivity contribution in [1.82, 2.24) is 0 Å². The van der Waals surface area contributed by atoms with Gasteiger partial charge in [-0.1, -0.05) is 20.8 Å². The molecule has 0 amide bonds. The standard InChI is InChI=1S/C13H22O3S/c1-11(2,3)17-13(10(14)15)8-12(9-13)4-6-16-7-5-12/h4-9H2,1-3H3,(H,14,15). The van der Waals surface area contributed by atoms with Crippen LogP contribution < -0.4 is 0 Å². The fourth-order valence-electron chi connectivity index (χ4n) is 3.17. The average Bonchev–Trinajstić information content (AvgIpc) is 2.13. The molecular weight excluding hydrogens is 236 g/mol. The lowest BCUT2D eigenvalue weighted by molar-refractivity contribution is -0.150. The zero-order chi connectivity index (χ0) is 12.7. The molecule has 1 spiro atoms. The van der Waals surface area contributed by atoms with Crippen molar-refractivity contribution in [1.29, 1.82) is 0 Å². The van der Waals surface area contributed by atoms with Gasteiger partial charge in [0, 0.05) is 18.0 Å². The molecule has 1 heterocycles. The Balaban J connectivity index is 2.06. The first-order valence-corrected chi connectivity index (χ1v) is 7.10. The number of carboxylic acid groups (broad SMARTS) is 1. The first-order valence-electron chi connectivity index (χ1n) is 6.28. The predicted octanol–water partition coefficient (Wildman–Crippen LogP) is 2.93. The number of thioether (sulfide) groups is 1. The summed E-state index contributed by atoms with van der Waals surface area (Å²) in [4.78, 5) is 11.6. The maximum Gasteiger partial charge on any atom is 0.319 e. The van der Waals surface area contributed by atoms with Gasteiger partial charge in [0.1, 0.15) is 4.75 Å². The Morgan fingerprint density at radius 1 is 1.24 bits per heavy atom. The van der Waals surface area contributed by atoms with Crippen LogP contribution in [0.5, 0.6) is 0 Å². The van der Waals surface area contributed by atoms with Crippen molar-refractivity contribution in [3.05, 3.63) is 0 Å². The molecule has 0 unspecified atom stereocenters. The van der Waals surface area contributed by atoms with Crippen LogP contribution in [0.15, 0.2) is 0 Å². The van der Waals surface area contributed by atoms with Crippen LogP contribution in [0.25, 0.3) is 0 Å². The lowest BCUT2D eigenvalue weighted by atomic mass is 9.57. The van der Waals surface area contributed by atoms with Gasteiger partial charge in [0.15, 0.2) is 0 Å². The summed E-state index contributed by atoms with van der Waals surface area (Å²) in [5.74, 6) is -0.630. The van der Waals surface area contributed by atoms with Gasteiger partial charge < -0.3 is 9.84 Å². The maximum atomic E-state index is 11.6. The number of carbonyl (C=O) groups is 1. The van der Waals surface area contributed by atoms with Crippen molar-refractivity contribution in [2.75, 3.05) is 13.2 Å². The van der Waals surface area contributed by atoms with Crippen molar-refractivity contribution in [2.45, 2.75) is 55.9 Å². The van der Waals surface area contributed by atoms with E-state index in [9.17, 15) is 9.90 Å². The molecule has 0 atom stereocenters. The van der Waals surface area contributed by atoms with E-state index in [1.165, 1.54) is 0 Å². The third kappa shape index (κ3) is 2.63.